The predicted molar refractivity (Wildman–Crippen MR) is 223 cm³/mol. The second kappa shape index (κ2) is 34.3. The SMILES string of the molecule is C1CCCCC1.CC(C)I.CI.O=Cc1cccnc1-c1ccccc1.[CH3-].[CH3-].[W].[W].c1ccc(-c2ncccc2CN2CCCCC2)cc1. The zero-order chi connectivity index (χ0) is 32.5. The van der Waals surface area contributed by atoms with Crippen LogP contribution in [0.4, 0.5) is 0 Å². The largest absolute Gasteiger partial charge is 0.358 e. The van der Waals surface area contributed by atoms with Crippen LogP contribution in [0.5, 0.6) is 0 Å². The summed E-state index contributed by atoms with van der Waals surface area (Å²) in [4.78, 5) is 24.1. The number of piperidine rings is 1. The summed E-state index contributed by atoms with van der Waals surface area (Å²) in [7, 11) is 0. The molecule has 1 aliphatic heterocycles. The van der Waals surface area contributed by atoms with Crippen LogP contribution in [0.2, 0.25) is 0 Å². The van der Waals surface area contributed by atoms with Crippen molar-refractivity contribution in [3.8, 4) is 22.5 Å². The summed E-state index contributed by atoms with van der Waals surface area (Å²) in [6.07, 6.45) is 17.5. The third kappa shape index (κ3) is 22.7. The summed E-state index contributed by atoms with van der Waals surface area (Å²) in [6, 6.07) is 28.0. The third-order valence-electron chi connectivity index (χ3n) is 7.29. The monoisotopic (exact) mass is 1230 g/mol. The number of carbonyl (C=O) groups excluding carboxylic acids is 1. The van der Waals surface area contributed by atoms with Crippen molar-refractivity contribution in [2.45, 2.75) is 82.1 Å². The molecule has 3 heterocycles. The van der Waals surface area contributed by atoms with E-state index in [2.05, 4.69) is 110 Å². The van der Waals surface area contributed by atoms with Crippen LogP contribution in [0.3, 0.4) is 0 Å². The molecular formula is C41H57I2N3OW2-2. The molecule has 0 radical (unpaired) electrons. The number of likely N-dealkylation sites (tertiary alicyclic amines) is 1. The first-order valence-corrected chi connectivity index (χ1v) is 19.7. The number of aldehydes is 1. The smallest absolute Gasteiger partial charge is 0.152 e. The Labute approximate surface area is 355 Å². The Hall–Kier alpha value is -0.793. The van der Waals surface area contributed by atoms with Gasteiger partial charge in [-0.15, -0.1) is 0 Å². The van der Waals surface area contributed by atoms with E-state index in [0.717, 1.165) is 33.7 Å². The van der Waals surface area contributed by atoms with Crippen LogP contribution in [-0.2, 0) is 48.7 Å². The minimum Gasteiger partial charge on any atom is -0.358 e. The van der Waals surface area contributed by atoms with Crippen LogP contribution in [0.1, 0.15) is 87.6 Å². The Balaban J connectivity index is -0.000000624. The van der Waals surface area contributed by atoms with E-state index < -0.39 is 0 Å². The number of alkyl halides is 2. The van der Waals surface area contributed by atoms with Gasteiger partial charge in [0.05, 0.1) is 11.4 Å². The van der Waals surface area contributed by atoms with Gasteiger partial charge in [0.25, 0.3) is 0 Å². The van der Waals surface area contributed by atoms with E-state index in [1.807, 2.05) is 47.5 Å². The fraction of sp³-hybridized carbons (Fsp3) is 0.390. The van der Waals surface area contributed by atoms with E-state index in [9.17, 15) is 4.79 Å². The summed E-state index contributed by atoms with van der Waals surface area (Å²) in [5.74, 6) is 0. The molecule has 8 heteroatoms. The van der Waals surface area contributed by atoms with Gasteiger partial charge in [-0.2, -0.15) is 0 Å². The molecule has 0 N–H and O–H groups in total. The average Bonchev–Trinajstić information content (AvgIpc) is 3.12. The average molecular weight is 1230 g/mol. The first kappa shape index (κ1) is 52.6. The number of benzene rings is 2. The molecule has 2 aromatic heterocycles. The Bertz CT molecular complexity index is 1290. The second-order valence-electron chi connectivity index (χ2n) is 11.3. The molecule has 4 nitrogen and oxygen atoms in total. The molecule has 1 saturated heterocycles. The number of carbonyl (C=O) groups is 1. The van der Waals surface area contributed by atoms with E-state index in [0.29, 0.717) is 5.56 Å². The van der Waals surface area contributed by atoms with E-state index in [1.165, 1.54) is 82.0 Å². The second-order valence-corrected chi connectivity index (χ2v) is 13.8. The maximum absolute atomic E-state index is 10.8. The first-order chi connectivity index (χ1) is 22.1. The Morgan fingerprint density at radius 2 is 1.02 bits per heavy atom. The van der Waals surface area contributed by atoms with Gasteiger partial charge in [-0.3, -0.25) is 19.7 Å². The molecule has 1 aliphatic carbocycles. The van der Waals surface area contributed by atoms with Crippen molar-refractivity contribution in [1.29, 1.82) is 0 Å². The molecule has 6 rings (SSSR count). The molecule has 0 bridgehead atoms. The van der Waals surface area contributed by atoms with Crippen molar-refractivity contribution >= 4 is 51.5 Å². The maximum Gasteiger partial charge on any atom is 0.152 e. The Morgan fingerprint density at radius 1 is 0.633 bits per heavy atom. The molecule has 1 saturated carbocycles. The van der Waals surface area contributed by atoms with Crippen molar-refractivity contribution in [3.63, 3.8) is 0 Å². The third-order valence-corrected chi connectivity index (χ3v) is 7.29. The molecule has 0 unspecified atom stereocenters. The van der Waals surface area contributed by atoms with Crippen molar-refractivity contribution < 1.29 is 46.9 Å². The number of hydrogen-bond acceptors (Lipinski definition) is 4. The van der Waals surface area contributed by atoms with Crippen LogP contribution in [0.25, 0.3) is 22.5 Å². The van der Waals surface area contributed by atoms with Crippen LogP contribution in [0.15, 0.2) is 97.3 Å². The van der Waals surface area contributed by atoms with E-state index in [4.69, 9.17) is 0 Å². The summed E-state index contributed by atoms with van der Waals surface area (Å²) < 4.78 is 0.803. The number of halogens is 2. The van der Waals surface area contributed by atoms with Crippen LogP contribution < -0.4 is 0 Å². The normalized spacial score (nSPS) is 12.9. The van der Waals surface area contributed by atoms with Crippen molar-refractivity contribution in [1.82, 2.24) is 14.9 Å². The Morgan fingerprint density at radius 3 is 1.47 bits per heavy atom. The summed E-state index contributed by atoms with van der Waals surface area (Å²) in [5, 5.41) is 0. The molecule has 4 aromatic rings. The number of hydrogen-bond donors (Lipinski definition) is 0. The van der Waals surface area contributed by atoms with Crippen molar-refractivity contribution in [3.05, 3.63) is 123 Å². The molecule has 2 aliphatic rings. The first-order valence-electron chi connectivity index (χ1n) is 16.3. The zero-order valence-corrected chi connectivity index (χ0v) is 40.4. The predicted octanol–water partition coefficient (Wildman–Crippen LogP) is 12.4. The summed E-state index contributed by atoms with van der Waals surface area (Å²) >= 11 is 4.49. The van der Waals surface area contributed by atoms with Crippen LogP contribution in [0, 0.1) is 14.9 Å². The summed E-state index contributed by atoms with van der Waals surface area (Å²) in [6.45, 7) is 7.78. The van der Waals surface area contributed by atoms with E-state index in [1.54, 1.807) is 18.3 Å². The molecule has 270 valence electrons. The van der Waals surface area contributed by atoms with Gasteiger partial charge < -0.3 is 14.9 Å². The number of nitrogens with zero attached hydrogens (tertiary/aromatic N) is 3. The fourth-order valence-corrected chi connectivity index (χ4v) is 5.19. The molecule has 0 spiro atoms. The van der Waals surface area contributed by atoms with Gasteiger partial charge in [-0.25, -0.2) is 0 Å². The minimum absolute atomic E-state index is 0. The van der Waals surface area contributed by atoms with Gasteiger partial charge in [-0.1, -0.05) is 171 Å². The van der Waals surface area contributed by atoms with Gasteiger partial charge in [0.1, 0.15) is 0 Å². The van der Waals surface area contributed by atoms with Crippen LogP contribution >= 0.6 is 45.2 Å². The standard InChI is InChI=1S/C17H20N2.C12H9NO.C6H12.C3H7I.CH3I.2CH3.2W/c1-3-8-15(9-4-1)17-16(10-7-11-18-17)14-19-12-5-2-6-13-19;14-9-11-7-4-8-13-12(11)10-5-2-1-3-6-10;1-2-4-6-5-3-1;1-3(2)4;1-2;;;;/h1,3-4,7-11H,2,5-6,12-14H2;1-9H;1-6H2;3H,1-2H3;1H3;2*1H3;;/q;;;;;2*-1;;. The van der Waals surface area contributed by atoms with Gasteiger partial charge >= 0.3 is 0 Å². The quantitative estimate of drug-likeness (QED) is 0.0865. The number of pyridine rings is 2. The fourth-order valence-electron chi connectivity index (χ4n) is 5.19. The van der Waals surface area contributed by atoms with Crippen molar-refractivity contribution in [2.24, 2.45) is 0 Å². The number of rotatable bonds is 5. The molecule has 0 amide bonds. The van der Waals surface area contributed by atoms with E-state index in [-0.39, 0.29) is 57.0 Å². The molecule has 0 atom stereocenters. The van der Waals surface area contributed by atoms with Crippen molar-refractivity contribution in [2.75, 3.05) is 18.0 Å². The number of aromatic nitrogens is 2. The van der Waals surface area contributed by atoms with Gasteiger partial charge in [0.15, 0.2) is 6.29 Å². The topological polar surface area (TPSA) is 46.1 Å². The van der Waals surface area contributed by atoms with Gasteiger partial charge in [-0.05, 0) is 54.6 Å². The minimum atomic E-state index is 0. The Kier molecular flexibility index (Phi) is 36.8. The molecule has 2 aromatic carbocycles. The summed E-state index contributed by atoms with van der Waals surface area (Å²) in [5.41, 5.74) is 6.02. The maximum atomic E-state index is 10.8. The zero-order valence-electron chi connectivity index (χ0n) is 30.2. The van der Waals surface area contributed by atoms with Gasteiger partial charge in [0, 0.05) is 81.7 Å². The molecule has 49 heavy (non-hydrogen) atoms. The molecule has 2 fully saturated rings. The van der Waals surface area contributed by atoms with E-state index >= 15 is 0 Å². The van der Waals surface area contributed by atoms with Crippen LogP contribution in [-0.4, -0.2) is 43.1 Å². The van der Waals surface area contributed by atoms with Gasteiger partial charge in [0.2, 0.25) is 0 Å². The molecular weight excluding hydrogens is 1170 g/mol.